The van der Waals surface area contributed by atoms with Crippen molar-refractivity contribution in [1.82, 2.24) is 15.0 Å². The zero-order valence-corrected chi connectivity index (χ0v) is 12.5. The highest BCUT2D eigenvalue weighted by Crippen LogP contribution is 2.24. The second kappa shape index (κ2) is 6.21. The monoisotopic (exact) mass is 298 g/mol. The van der Waals surface area contributed by atoms with Gasteiger partial charge < -0.3 is 15.5 Å². The summed E-state index contributed by atoms with van der Waals surface area (Å²) in [6.45, 7) is 6.28. The summed E-state index contributed by atoms with van der Waals surface area (Å²) in [4.78, 5) is 28.0. The number of carbonyl (C=O) groups excluding carboxylic acids is 1. The third kappa shape index (κ3) is 2.92. The Labute approximate surface area is 123 Å². The summed E-state index contributed by atoms with van der Waals surface area (Å²) < 4.78 is 0. The lowest BCUT2D eigenvalue weighted by Gasteiger charge is -2.24. The first kappa shape index (κ1) is 14.8. The van der Waals surface area contributed by atoms with Crippen molar-refractivity contribution in [3.8, 4) is 0 Å². The van der Waals surface area contributed by atoms with Crippen molar-refractivity contribution >= 4 is 29.4 Å². The van der Waals surface area contributed by atoms with E-state index in [0.717, 1.165) is 25.9 Å². The van der Waals surface area contributed by atoms with Crippen molar-refractivity contribution in [3.05, 3.63) is 5.28 Å². The average molecular weight is 299 g/mol. The fourth-order valence-electron chi connectivity index (χ4n) is 2.41. The number of hydrogen-bond acceptors (Lipinski definition) is 6. The largest absolute Gasteiger partial charge is 0.368 e. The van der Waals surface area contributed by atoms with Crippen LogP contribution in [0.1, 0.15) is 26.7 Å². The molecular weight excluding hydrogens is 280 g/mol. The van der Waals surface area contributed by atoms with E-state index in [1.807, 2.05) is 23.6 Å². The maximum Gasteiger partial charge on any atom is 0.240 e. The lowest BCUT2D eigenvalue weighted by molar-refractivity contribution is -0.119. The molecule has 1 aliphatic heterocycles. The fourth-order valence-corrected chi connectivity index (χ4v) is 2.56. The third-order valence-corrected chi connectivity index (χ3v) is 3.64. The number of aromatic nitrogens is 3. The number of anilines is 2. The van der Waals surface area contributed by atoms with E-state index in [2.05, 4.69) is 15.0 Å². The summed E-state index contributed by atoms with van der Waals surface area (Å²) in [6, 6.07) is -0.363. The van der Waals surface area contributed by atoms with Crippen molar-refractivity contribution < 1.29 is 4.79 Å². The minimum absolute atomic E-state index is 0.132. The van der Waals surface area contributed by atoms with E-state index in [1.165, 1.54) is 0 Å². The van der Waals surface area contributed by atoms with Crippen LogP contribution in [0.25, 0.3) is 0 Å². The maximum atomic E-state index is 11.5. The van der Waals surface area contributed by atoms with Gasteiger partial charge in [-0.15, -0.1) is 0 Å². The van der Waals surface area contributed by atoms with E-state index in [0.29, 0.717) is 18.4 Å². The van der Waals surface area contributed by atoms with Crippen molar-refractivity contribution in [1.29, 1.82) is 0 Å². The minimum Gasteiger partial charge on any atom is -0.368 e. The molecule has 0 aliphatic carbocycles. The molecule has 1 atom stereocenters. The summed E-state index contributed by atoms with van der Waals surface area (Å²) in [5.74, 6) is 0.594. The molecule has 2 heterocycles. The Morgan fingerprint density at radius 1 is 1.40 bits per heavy atom. The van der Waals surface area contributed by atoms with Crippen LogP contribution in [-0.2, 0) is 4.79 Å². The van der Waals surface area contributed by atoms with Crippen molar-refractivity contribution in [2.45, 2.75) is 32.7 Å². The first-order chi connectivity index (χ1) is 9.56. The molecule has 1 unspecified atom stereocenters. The molecule has 2 rings (SSSR count). The average Bonchev–Trinajstić information content (AvgIpc) is 2.89. The van der Waals surface area contributed by atoms with Crippen molar-refractivity contribution in [3.63, 3.8) is 0 Å². The molecule has 1 amide bonds. The lowest BCUT2D eigenvalue weighted by atomic mass is 10.2. The highest BCUT2D eigenvalue weighted by molar-refractivity contribution is 6.28. The molecule has 1 fully saturated rings. The predicted molar refractivity (Wildman–Crippen MR) is 78.0 cm³/mol. The zero-order chi connectivity index (χ0) is 14.7. The molecule has 110 valence electrons. The number of rotatable bonds is 5. The molecule has 1 aliphatic rings. The Kier molecular flexibility index (Phi) is 4.59. The van der Waals surface area contributed by atoms with Gasteiger partial charge in [-0.1, -0.05) is 0 Å². The van der Waals surface area contributed by atoms with Crippen LogP contribution in [0.15, 0.2) is 0 Å². The molecule has 2 N–H and O–H groups in total. The Balaban J connectivity index is 2.34. The van der Waals surface area contributed by atoms with Crippen LogP contribution in [0.3, 0.4) is 0 Å². The number of carbonyl (C=O) groups is 1. The number of primary amides is 1. The van der Waals surface area contributed by atoms with E-state index in [-0.39, 0.29) is 17.2 Å². The molecule has 7 nitrogen and oxygen atoms in total. The smallest absolute Gasteiger partial charge is 0.240 e. The summed E-state index contributed by atoms with van der Waals surface area (Å²) in [5.41, 5.74) is 5.42. The lowest BCUT2D eigenvalue weighted by Crippen LogP contribution is -2.41. The molecule has 1 aromatic rings. The van der Waals surface area contributed by atoms with Gasteiger partial charge >= 0.3 is 0 Å². The second-order valence-electron chi connectivity index (χ2n) is 4.63. The van der Waals surface area contributed by atoms with Gasteiger partial charge in [0.1, 0.15) is 6.04 Å². The quantitative estimate of drug-likeness (QED) is 0.866. The molecular formula is C12H19ClN6O. The van der Waals surface area contributed by atoms with Crippen LogP contribution in [0.4, 0.5) is 11.9 Å². The van der Waals surface area contributed by atoms with Gasteiger partial charge in [0, 0.05) is 19.6 Å². The number of hydrogen-bond donors (Lipinski definition) is 1. The summed E-state index contributed by atoms with van der Waals surface area (Å²) in [5, 5.41) is 0.132. The van der Waals surface area contributed by atoms with E-state index in [4.69, 9.17) is 17.3 Å². The SMILES string of the molecule is CCN(CC)c1nc(Cl)nc(N2CCCC2C(N)=O)n1. The topological polar surface area (TPSA) is 88.2 Å². The third-order valence-electron chi connectivity index (χ3n) is 3.47. The van der Waals surface area contributed by atoms with E-state index in [1.54, 1.807) is 0 Å². The van der Waals surface area contributed by atoms with Gasteiger partial charge in [0.25, 0.3) is 0 Å². The molecule has 0 aromatic carbocycles. The number of nitrogens with zero attached hydrogens (tertiary/aromatic N) is 5. The van der Waals surface area contributed by atoms with Crippen LogP contribution < -0.4 is 15.5 Å². The normalized spacial score (nSPS) is 18.4. The molecule has 0 radical (unpaired) electrons. The molecule has 1 aromatic heterocycles. The van der Waals surface area contributed by atoms with Gasteiger partial charge in [0.05, 0.1) is 0 Å². The van der Waals surface area contributed by atoms with Gasteiger partial charge in [0.2, 0.25) is 23.1 Å². The van der Waals surface area contributed by atoms with E-state index >= 15 is 0 Å². The van der Waals surface area contributed by atoms with Crippen molar-refractivity contribution in [2.75, 3.05) is 29.4 Å². The molecule has 8 heteroatoms. The zero-order valence-electron chi connectivity index (χ0n) is 11.7. The van der Waals surface area contributed by atoms with E-state index < -0.39 is 0 Å². The summed E-state index contributed by atoms with van der Waals surface area (Å²) >= 11 is 5.98. The highest BCUT2D eigenvalue weighted by Gasteiger charge is 2.31. The molecule has 20 heavy (non-hydrogen) atoms. The van der Waals surface area contributed by atoms with E-state index in [9.17, 15) is 4.79 Å². The van der Waals surface area contributed by atoms with Crippen LogP contribution in [0, 0.1) is 0 Å². The Morgan fingerprint density at radius 3 is 2.70 bits per heavy atom. The van der Waals surface area contributed by atoms with Crippen LogP contribution >= 0.6 is 11.6 Å². The van der Waals surface area contributed by atoms with Crippen molar-refractivity contribution in [2.24, 2.45) is 5.73 Å². The van der Waals surface area contributed by atoms with Crippen LogP contribution in [0.5, 0.6) is 0 Å². The number of amides is 1. The Bertz CT molecular complexity index is 493. The fraction of sp³-hybridized carbons (Fsp3) is 0.667. The van der Waals surface area contributed by atoms with Gasteiger partial charge in [-0.25, -0.2) is 0 Å². The van der Waals surface area contributed by atoms with Crippen LogP contribution in [0.2, 0.25) is 5.28 Å². The number of nitrogens with two attached hydrogens (primary N) is 1. The molecule has 0 saturated carbocycles. The van der Waals surface area contributed by atoms with Gasteiger partial charge in [0.15, 0.2) is 0 Å². The Morgan fingerprint density at radius 2 is 2.10 bits per heavy atom. The van der Waals surface area contributed by atoms with Crippen LogP contribution in [-0.4, -0.2) is 46.5 Å². The first-order valence-corrected chi connectivity index (χ1v) is 7.17. The highest BCUT2D eigenvalue weighted by atomic mass is 35.5. The standard InChI is InChI=1S/C12H19ClN6O/c1-3-18(4-2)11-15-10(13)16-12(17-11)19-7-5-6-8(19)9(14)20/h8H,3-7H2,1-2H3,(H2,14,20). The maximum absolute atomic E-state index is 11.5. The predicted octanol–water partition coefficient (Wildman–Crippen LogP) is 0.825. The second-order valence-corrected chi connectivity index (χ2v) is 4.97. The molecule has 0 spiro atoms. The molecule has 0 bridgehead atoms. The Hall–Kier alpha value is -1.63. The summed E-state index contributed by atoms with van der Waals surface area (Å²) in [7, 11) is 0. The van der Waals surface area contributed by atoms with Gasteiger partial charge in [-0.2, -0.15) is 15.0 Å². The summed E-state index contributed by atoms with van der Waals surface area (Å²) in [6.07, 6.45) is 1.61. The molecule has 1 saturated heterocycles. The minimum atomic E-state index is -0.363. The first-order valence-electron chi connectivity index (χ1n) is 6.79. The number of halogens is 1. The van der Waals surface area contributed by atoms with Gasteiger partial charge in [-0.3, -0.25) is 4.79 Å². The van der Waals surface area contributed by atoms with Gasteiger partial charge in [-0.05, 0) is 38.3 Å².